The number of hydrogen-bond acceptors (Lipinski definition) is 3. The van der Waals surface area contributed by atoms with Gasteiger partial charge in [0, 0.05) is 30.8 Å². The normalized spacial score (nSPS) is 12.3. The lowest BCUT2D eigenvalue weighted by Gasteiger charge is -2.20. The van der Waals surface area contributed by atoms with E-state index in [2.05, 4.69) is 22.2 Å². The van der Waals surface area contributed by atoms with Crippen molar-refractivity contribution in [3.8, 4) is 0 Å². The van der Waals surface area contributed by atoms with Crippen molar-refractivity contribution in [2.75, 3.05) is 6.54 Å². The molecule has 0 aliphatic heterocycles. The summed E-state index contributed by atoms with van der Waals surface area (Å²) in [6.07, 6.45) is 9.11. The van der Waals surface area contributed by atoms with Gasteiger partial charge in [-0.25, -0.2) is 0 Å². The number of rotatable bonds is 6. The van der Waals surface area contributed by atoms with Gasteiger partial charge in [0.25, 0.3) is 0 Å². The number of hydrogen-bond donors (Lipinski definition) is 1. The molecule has 0 saturated heterocycles. The molecule has 0 spiro atoms. The van der Waals surface area contributed by atoms with Crippen molar-refractivity contribution in [2.45, 2.75) is 25.8 Å². The van der Waals surface area contributed by atoms with Gasteiger partial charge in [0.15, 0.2) is 0 Å². The fourth-order valence-corrected chi connectivity index (χ4v) is 2.28. The van der Waals surface area contributed by atoms with E-state index in [1.54, 1.807) is 12.4 Å². The molecule has 0 amide bonds. The van der Waals surface area contributed by atoms with E-state index >= 15 is 0 Å². The number of pyridine rings is 2. The Morgan fingerprint density at radius 2 is 1.89 bits per heavy atom. The molecule has 2 rings (SSSR count). The summed E-state index contributed by atoms with van der Waals surface area (Å²) in [5.41, 5.74) is 2.35. The molecular weight excluding hydrogens is 258 g/mol. The first-order chi connectivity index (χ1) is 9.31. The Hall–Kier alpha value is -1.45. The number of nitrogens with one attached hydrogen (secondary N) is 1. The third kappa shape index (κ3) is 4.01. The van der Waals surface area contributed by atoms with Gasteiger partial charge in [-0.3, -0.25) is 9.97 Å². The molecule has 0 aliphatic rings. The molecule has 2 aromatic rings. The van der Waals surface area contributed by atoms with Crippen LogP contribution in [0, 0.1) is 0 Å². The highest BCUT2D eigenvalue weighted by Crippen LogP contribution is 2.24. The first-order valence-electron chi connectivity index (χ1n) is 6.53. The van der Waals surface area contributed by atoms with Gasteiger partial charge in [-0.05, 0) is 48.7 Å². The molecule has 3 nitrogen and oxygen atoms in total. The van der Waals surface area contributed by atoms with Crippen molar-refractivity contribution in [1.82, 2.24) is 15.3 Å². The molecule has 0 aliphatic carbocycles. The Bertz CT molecular complexity index is 502. The summed E-state index contributed by atoms with van der Waals surface area (Å²) in [6, 6.07) is 6.26. The SMILES string of the molecule is CCCNC(Cc1ccncc1)c1ccncc1Cl. The first kappa shape index (κ1) is 14.0. The summed E-state index contributed by atoms with van der Waals surface area (Å²) >= 11 is 6.25. The highest BCUT2D eigenvalue weighted by molar-refractivity contribution is 6.31. The van der Waals surface area contributed by atoms with Gasteiger partial charge in [0.05, 0.1) is 5.02 Å². The van der Waals surface area contributed by atoms with Crippen LogP contribution in [0.1, 0.15) is 30.5 Å². The molecule has 0 aromatic carbocycles. The lowest BCUT2D eigenvalue weighted by Crippen LogP contribution is -2.24. The minimum atomic E-state index is 0.206. The molecule has 100 valence electrons. The summed E-state index contributed by atoms with van der Waals surface area (Å²) < 4.78 is 0. The molecule has 2 heterocycles. The zero-order chi connectivity index (χ0) is 13.5. The molecule has 1 unspecified atom stereocenters. The van der Waals surface area contributed by atoms with E-state index in [1.165, 1.54) is 5.56 Å². The highest BCUT2D eigenvalue weighted by Gasteiger charge is 2.14. The predicted molar refractivity (Wildman–Crippen MR) is 78.2 cm³/mol. The van der Waals surface area contributed by atoms with Crippen molar-refractivity contribution in [3.63, 3.8) is 0 Å². The van der Waals surface area contributed by atoms with Crippen LogP contribution in [0.5, 0.6) is 0 Å². The Morgan fingerprint density at radius 1 is 1.16 bits per heavy atom. The van der Waals surface area contributed by atoms with Gasteiger partial charge in [-0.15, -0.1) is 0 Å². The monoisotopic (exact) mass is 275 g/mol. The van der Waals surface area contributed by atoms with E-state index in [-0.39, 0.29) is 6.04 Å². The molecular formula is C15H18ClN3. The molecule has 0 fully saturated rings. The molecule has 19 heavy (non-hydrogen) atoms. The van der Waals surface area contributed by atoms with Crippen LogP contribution in [0.2, 0.25) is 5.02 Å². The van der Waals surface area contributed by atoms with E-state index in [4.69, 9.17) is 11.6 Å². The zero-order valence-corrected chi connectivity index (χ0v) is 11.8. The van der Waals surface area contributed by atoms with Gasteiger partial charge in [-0.1, -0.05) is 18.5 Å². The minimum Gasteiger partial charge on any atom is -0.310 e. The second-order valence-electron chi connectivity index (χ2n) is 4.46. The maximum atomic E-state index is 6.25. The molecule has 0 radical (unpaired) electrons. The van der Waals surface area contributed by atoms with Gasteiger partial charge >= 0.3 is 0 Å². The van der Waals surface area contributed by atoms with Crippen LogP contribution in [-0.2, 0) is 6.42 Å². The van der Waals surface area contributed by atoms with Crippen molar-refractivity contribution >= 4 is 11.6 Å². The fourth-order valence-electron chi connectivity index (χ4n) is 2.03. The van der Waals surface area contributed by atoms with Crippen molar-refractivity contribution in [1.29, 1.82) is 0 Å². The van der Waals surface area contributed by atoms with E-state index in [0.717, 1.165) is 24.9 Å². The zero-order valence-electron chi connectivity index (χ0n) is 11.0. The molecule has 0 bridgehead atoms. The van der Waals surface area contributed by atoms with Crippen molar-refractivity contribution in [3.05, 3.63) is 59.1 Å². The van der Waals surface area contributed by atoms with Crippen LogP contribution in [0.3, 0.4) is 0 Å². The number of nitrogens with zero attached hydrogens (tertiary/aromatic N) is 2. The number of halogens is 1. The van der Waals surface area contributed by atoms with Crippen LogP contribution in [0.25, 0.3) is 0 Å². The third-order valence-electron chi connectivity index (χ3n) is 3.01. The van der Waals surface area contributed by atoms with Gasteiger partial charge < -0.3 is 5.32 Å². The van der Waals surface area contributed by atoms with Gasteiger partial charge in [-0.2, -0.15) is 0 Å². The fraction of sp³-hybridized carbons (Fsp3) is 0.333. The summed E-state index contributed by atoms with van der Waals surface area (Å²) in [5, 5.41) is 4.26. The number of aromatic nitrogens is 2. The molecule has 2 aromatic heterocycles. The largest absolute Gasteiger partial charge is 0.310 e. The van der Waals surface area contributed by atoms with E-state index in [0.29, 0.717) is 5.02 Å². The smallest absolute Gasteiger partial charge is 0.0637 e. The van der Waals surface area contributed by atoms with Gasteiger partial charge in [0.2, 0.25) is 0 Å². The summed E-state index contributed by atoms with van der Waals surface area (Å²) in [7, 11) is 0. The Balaban J connectivity index is 2.19. The Labute approximate surface area is 119 Å². The standard InChI is InChI=1S/C15H18ClN3/c1-2-6-19-15(10-12-3-7-17-8-4-12)13-5-9-18-11-14(13)16/h3-5,7-9,11,15,19H,2,6,10H2,1H3. The van der Waals surface area contributed by atoms with E-state index in [9.17, 15) is 0 Å². The quantitative estimate of drug-likeness (QED) is 0.878. The van der Waals surface area contributed by atoms with Crippen LogP contribution >= 0.6 is 11.6 Å². The van der Waals surface area contributed by atoms with Crippen LogP contribution in [-0.4, -0.2) is 16.5 Å². The van der Waals surface area contributed by atoms with Crippen LogP contribution < -0.4 is 5.32 Å². The molecule has 0 saturated carbocycles. The van der Waals surface area contributed by atoms with Crippen LogP contribution in [0.15, 0.2) is 43.0 Å². The second kappa shape index (κ2) is 7.22. The average Bonchev–Trinajstić information content (AvgIpc) is 2.45. The summed E-state index contributed by atoms with van der Waals surface area (Å²) in [6.45, 7) is 3.12. The highest BCUT2D eigenvalue weighted by atomic mass is 35.5. The maximum Gasteiger partial charge on any atom is 0.0637 e. The van der Waals surface area contributed by atoms with E-state index < -0.39 is 0 Å². The Morgan fingerprint density at radius 3 is 2.58 bits per heavy atom. The molecule has 4 heteroatoms. The van der Waals surface area contributed by atoms with Crippen molar-refractivity contribution < 1.29 is 0 Å². The lowest BCUT2D eigenvalue weighted by molar-refractivity contribution is 0.529. The predicted octanol–water partition coefficient (Wildman–Crippen LogP) is 3.41. The van der Waals surface area contributed by atoms with Crippen LogP contribution in [0.4, 0.5) is 0 Å². The average molecular weight is 276 g/mol. The topological polar surface area (TPSA) is 37.8 Å². The summed E-state index contributed by atoms with van der Waals surface area (Å²) in [4.78, 5) is 8.09. The van der Waals surface area contributed by atoms with Gasteiger partial charge in [0.1, 0.15) is 0 Å². The molecule has 1 atom stereocenters. The van der Waals surface area contributed by atoms with Crippen molar-refractivity contribution in [2.24, 2.45) is 0 Å². The summed E-state index contributed by atoms with van der Waals surface area (Å²) in [5.74, 6) is 0. The van der Waals surface area contributed by atoms with E-state index in [1.807, 2.05) is 30.6 Å². The first-order valence-corrected chi connectivity index (χ1v) is 6.90. The second-order valence-corrected chi connectivity index (χ2v) is 4.87. The maximum absolute atomic E-state index is 6.25. The lowest BCUT2D eigenvalue weighted by atomic mass is 10.0. The Kier molecular flexibility index (Phi) is 5.31. The minimum absolute atomic E-state index is 0.206. The third-order valence-corrected chi connectivity index (χ3v) is 3.32. The molecule has 1 N–H and O–H groups in total.